The zero-order chi connectivity index (χ0) is 14.9. The van der Waals surface area contributed by atoms with E-state index < -0.39 is 11.9 Å². The Labute approximate surface area is 119 Å². The predicted molar refractivity (Wildman–Crippen MR) is 69.8 cm³/mol. The molecule has 2 aromatic rings. The first-order chi connectivity index (χ1) is 10.0. The highest BCUT2D eigenvalue weighted by atomic mass is 19.4. The van der Waals surface area contributed by atoms with Crippen molar-refractivity contribution in [1.29, 1.82) is 0 Å². The lowest BCUT2D eigenvalue weighted by molar-refractivity contribution is -0.141. The molecule has 0 N–H and O–H groups in total. The van der Waals surface area contributed by atoms with E-state index in [1.165, 1.54) is 10.9 Å². The molecular weight excluding hydrogens is 283 g/mol. The third-order valence-corrected chi connectivity index (χ3v) is 3.36. The summed E-state index contributed by atoms with van der Waals surface area (Å²) in [4.78, 5) is 10.6. The number of anilines is 1. The topological polar surface area (TPSA) is 46.8 Å². The van der Waals surface area contributed by atoms with E-state index in [2.05, 4.69) is 20.0 Å². The number of alkyl halides is 3. The quantitative estimate of drug-likeness (QED) is 0.872. The Balaban J connectivity index is 1.69. The van der Waals surface area contributed by atoms with E-state index >= 15 is 0 Å². The molecule has 0 bridgehead atoms. The molecular formula is C13H14F3N5. The summed E-state index contributed by atoms with van der Waals surface area (Å²) in [6.45, 7) is 2.12. The van der Waals surface area contributed by atoms with Crippen LogP contribution < -0.4 is 4.90 Å². The summed E-state index contributed by atoms with van der Waals surface area (Å²) in [5.41, 5.74) is -0.174. The number of aromatic nitrogens is 4. The van der Waals surface area contributed by atoms with Gasteiger partial charge in [-0.3, -0.25) is 4.68 Å². The second-order valence-electron chi connectivity index (χ2n) is 4.98. The van der Waals surface area contributed by atoms with Crippen LogP contribution in [0.5, 0.6) is 0 Å². The summed E-state index contributed by atoms with van der Waals surface area (Å²) in [5, 5.41) is 3.50. The lowest BCUT2D eigenvalue weighted by atomic mass is 10.3. The molecule has 3 rings (SSSR count). The second kappa shape index (κ2) is 5.34. The van der Waals surface area contributed by atoms with Crippen molar-refractivity contribution >= 4 is 5.95 Å². The standard InChI is InChI=1S/C13H14F3N5/c14-13(15,16)11-3-6-21(19-11)9-10-7-17-12(18-8-10)20-4-1-2-5-20/h3,6-8H,1-2,4-5,9H2. The van der Waals surface area contributed by atoms with Crippen molar-refractivity contribution in [1.82, 2.24) is 19.7 Å². The maximum absolute atomic E-state index is 12.5. The molecule has 0 saturated carbocycles. The first-order valence-corrected chi connectivity index (χ1v) is 6.69. The van der Waals surface area contributed by atoms with Crippen molar-refractivity contribution in [2.45, 2.75) is 25.6 Å². The minimum atomic E-state index is -4.42. The number of hydrogen-bond donors (Lipinski definition) is 0. The first-order valence-electron chi connectivity index (χ1n) is 6.69. The van der Waals surface area contributed by atoms with Gasteiger partial charge in [0, 0.05) is 37.2 Å². The highest BCUT2D eigenvalue weighted by Crippen LogP contribution is 2.27. The van der Waals surface area contributed by atoms with Crippen LogP contribution in [0.15, 0.2) is 24.7 Å². The Morgan fingerprint density at radius 1 is 1.10 bits per heavy atom. The van der Waals surface area contributed by atoms with E-state index in [0.29, 0.717) is 5.95 Å². The van der Waals surface area contributed by atoms with Gasteiger partial charge in [-0.1, -0.05) is 0 Å². The fraction of sp³-hybridized carbons (Fsp3) is 0.462. The molecule has 112 valence electrons. The van der Waals surface area contributed by atoms with Gasteiger partial charge in [0.1, 0.15) is 0 Å². The summed E-state index contributed by atoms with van der Waals surface area (Å²) < 4.78 is 38.6. The van der Waals surface area contributed by atoms with Crippen LogP contribution in [0, 0.1) is 0 Å². The number of halogens is 3. The highest BCUT2D eigenvalue weighted by Gasteiger charge is 2.33. The fourth-order valence-electron chi connectivity index (χ4n) is 2.30. The number of hydrogen-bond acceptors (Lipinski definition) is 4. The Morgan fingerprint density at radius 3 is 2.33 bits per heavy atom. The minimum Gasteiger partial charge on any atom is -0.341 e. The van der Waals surface area contributed by atoms with Gasteiger partial charge < -0.3 is 4.90 Å². The summed E-state index contributed by atoms with van der Waals surface area (Å²) in [6, 6.07) is 0.958. The summed E-state index contributed by atoms with van der Waals surface area (Å²) in [5.74, 6) is 0.674. The average Bonchev–Trinajstić information content (AvgIpc) is 3.09. The van der Waals surface area contributed by atoms with E-state index in [9.17, 15) is 13.2 Å². The van der Waals surface area contributed by atoms with Gasteiger partial charge in [0.25, 0.3) is 0 Å². The zero-order valence-electron chi connectivity index (χ0n) is 11.2. The van der Waals surface area contributed by atoms with E-state index in [1.807, 2.05) is 0 Å². The Kier molecular flexibility index (Phi) is 3.52. The molecule has 2 aromatic heterocycles. The molecule has 1 saturated heterocycles. The molecule has 1 fully saturated rings. The van der Waals surface area contributed by atoms with Gasteiger partial charge in [-0.2, -0.15) is 18.3 Å². The summed E-state index contributed by atoms with van der Waals surface area (Å²) in [7, 11) is 0. The number of nitrogens with zero attached hydrogens (tertiary/aromatic N) is 5. The van der Waals surface area contributed by atoms with Gasteiger partial charge >= 0.3 is 6.18 Å². The lowest BCUT2D eigenvalue weighted by Crippen LogP contribution is -2.20. The summed E-state index contributed by atoms with van der Waals surface area (Å²) >= 11 is 0. The number of rotatable bonds is 3. The van der Waals surface area contributed by atoms with Crippen LogP contribution in [0.3, 0.4) is 0 Å². The third kappa shape index (κ3) is 3.14. The molecule has 0 amide bonds. The molecule has 0 spiro atoms. The minimum absolute atomic E-state index is 0.219. The Hall–Kier alpha value is -2.12. The van der Waals surface area contributed by atoms with Gasteiger partial charge in [-0.05, 0) is 18.9 Å². The molecule has 0 aliphatic carbocycles. The monoisotopic (exact) mass is 297 g/mol. The van der Waals surface area contributed by atoms with Crippen LogP contribution in [-0.4, -0.2) is 32.8 Å². The Morgan fingerprint density at radius 2 is 1.76 bits per heavy atom. The van der Waals surface area contributed by atoms with Crippen molar-refractivity contribution in [3.63, 3.8) is 0 Å². The van der Waals surface area contributed by atoms with Crippen molar-refractivity contribution < 1.29 is 13.2 Å². The molecule has 21 heavy (non-hydrogen) atoms. The third-order valence-electron chi connectivity index (χ3n) is 3.36. The highest BCUT2D eigenvalue weighted by molar-refractivity contribution is 5.31. The SMILES string of the molecule is FC(F)(F)c1ccn(Cc2cnc(N3CCCC3)nc2)n1. The van der Waals surface area contributed by atoms with Crippen molar-refractivity contribution in [2.24, 2.45) is 0 Å². The molecule has 8 heteroatoms. The fourth-order valence-corrected chi connectivity index (χ4v) is 2.30. The van der Waals surface area contributed by atoms with Crippen LogP contribution in [0.4, 0.5) is 19.1 Å². The van der Waals surface area contributed by atoms with E-state index in [1.54, 1.807) is 12.4 Å². The molecule has 1 aliphatic rings. The van der Waals surface area contributed by atoms with Crippen LogP contribution in [0.1, 0.15) is 24.1 Å². The van der Waals surface area contributed by atoms with Crippen molar-refractivity contribution in [2.75, 3.05) is 18.0 Å². The molecule has 5 nitrogen and oxygen atoms in total. The maximum atomic E-state index is 12.5. The molecule has 0 radical (unpaired) electrons. The van der Waals surface area contributed by atoms with Crippen molar-refractivity contribution in [3.05, 3.63) is 35.9 Å². The van der Waals surface area contributed by atoms with Crippen LogP contribution in [-0.2, 0) is 12.7 Å². The molecule has 0 aromatic carbocycles. The largest absolute Gasteiger partial charge is 0.435 e. The average molecular weight is 297 g/mol. The smallest absolute Gasteiger partial charge is 0.341 e. The lowest BCUT2D eigenvalue weighted by Gasteiger charge is -2.14. The van der Waals surface area contributed by atoms with Crippen LogP contribution >= 0.6 is 0 Å². The molecule has 0 atom stereocenters. The maximum Gasteiger partial charge on any atom is 0.435 e. The predicted octanol–water partition coefficient (Wildman–Crippen LogP) is 2.34. The van der Waals surface area contributed by atoms with E-state index in [0.717, 1.165) is 37.6 Å². The van der Waals surface area contributed by atoms with Crippen LogP contribution in [0.25, 0.3) is 0 Å². The molecule has 1 aliphatic heterocycles. The zero-order valence-corrected chi connectivity index (χ0v) is 11.2. The van der Waals surface area contributed by atoms with Gasteiger partial charge in [-0.25, -0.2) is 9.97 Å². The van der Waals surface area contributed by atoms with Crippen LogP contribution in [0.2, 0.25) is 0 Å². The normalized spacial score (nSPS) is 15.7. The van der Waals surface area contributed by atoms with Gasteiger partial charge in [-0.15, -0.1) is 0 Å². The van der Waals surface area contributed by atoms with E-state index in [4.69, 9.17) is 0 Å². The van der Waals surface area contributed by atoms with E-state index in [-0.39, 0.29) is 6.54 Å². The second-order valence-corrected chi connectivity index (χ2v) is 4.98. The Bertz CT molecular complexity index is 599. The molecule has 3 heterocycles. The van der Waals surface area contributed by atoms with Gasteiger partial charge in [0.2, 0.25) is 5.95 Å². The first kappa shape index (κ1) is 13.8. The summed E-state index contributed by atoms with van der Waals surface area (Å²) in [6.07, 6.45) is 2.43. The van der Waals surface area contributed by atoms with Gasteiger partial charge in [0.15, 0.2) is 5.69 Å². The van der Waals surface area contributed by atoms with Crippen molar-refractivity contribution in [3.8, 4) is 0 Å². The molecule has 0 unspecified atom stereocenters. The van der Waals surface area contributed by atoms with Gasteiger partial charge in [0.05, 0.1) is 6.54 Å².